The van der Waals surface area contributed by atoms with E-state index in [0.717, 1.165) is 24.4 Å². The van der Waals surface area contributed by atoms with Gasteiger partial charge in [-0.1, -0.05) is 56.3 Å². The lowest BCUT2D eigenvalue weighted by Crippen LogP contribution is -2.31. The van der Waals surface area contributed by atoms with E-state index in [4.69, 9.17) is 4.74 Å². The highest BCUT2D eigenvalue weighted by Gasteiger charge is 2.15. The van der Waals surface area contributed by atoms with Gasteiger partial charge in [-0.15, -0.1) is 0 Å². The van der Waals surface area contributed by atoms with Crippen LogP contribution >= 0.6 is 0 Å². The number of ether oxygens (including phenoxy) is 1. The van der Waals surface area contributed by atoms with Crippen molar-refractivity contribution in [1.82, 2.24) is 4.90 Å². The molecule has 0 fully saturated rings. The van der Waals surface area contributed by atoms with Crippen LogP contribution in [-0.2, 0) is 6.54 Å². The average molecular weight is 313 g/mol. The SMILES string of the molecule is COc1cccc(CN(CC(C)C)CC(O)c2ccccc2)c1. The first-order chi connectivity index (χ1) is 11.1. The van der Waals surface area contributed by atoms with E-state index in [1.807, 2.05) is 42.5 Å². The van der Waals surface area contributed by atoms with E-state index in [-0.39, 0.29) is 0 Å². The van der Waals surface area contributed by atoms with Crippen LogP contribution in [-0.4, -0.2) is 30.2 Å². The van der Waals surface area contributed by atoms with Crippen LogP contribution in [0.25, 0.3) is 0 Å². The average Bonchev–Trinajstić information content (AvgIpc) is 2.55. The first-order valence-corrected chi connectivity index (χ1v) is 8.16. The number of rotatable bonds is 8. The Morgan fingerprint density at radius 2 is 1.74 bits per heavy atom. The Hall–Kier alpha value is -1.84. The van der Waals surface area contributed by atoms with Crippen LogP contribution in [0.4, 0.5) is 0 Å². The van der Waals surface area contributed by atoms with Gasteiger partial charge in [-0.25, -0.2) is 0 Å². The molecule has 2 aromatic rings. The molecule has 2 rings (SSSR count). The van der Waals surface area contributed by atoms with Gasteiger partial charge in [0.25, 0.3) is 0 Å². The number of nitrogens with zero attached hydrogens (tertiary/aromatic N) is 1. The van der Waals surface area contributed by atoms with Crippen LogP contribution in [0, 0.1) is 5.92 Å². The van der Waals surface area contributed by atoms with Crippen molar-refractivity contribution in [1.29, 1.82) is 0 Å². The number of hydrogen-bond donors (Lipinski definition) is 1. The van der Waals surface area contributed by atoms with Gasteiger partial charge in [0.15, 0.2) is 0 Å². The van der Waals surface area contributed by atoms with Crippen molar-refractivity contribution in [3.8, 4) is 5.75 Å². The maximum Gasteiger partial charge on any atom is 0.119 e. The molecular weight excluding hydrogens is 286 g/mol. The minimum Gasteiger partial charge on any atom is -0.497 e. The summed E-state index contributed by atoms with van der Waals surface area (Å²) in [6.45, 7) is 6.78. The molecule has 0 aliphatic carbocycles. The molecule has 0 radical (unpaired) electrons. The maximum absolute atomic E-state index is 10.5. The monoisotopic (exact) mass is 313 g/mol. The summed E-state index contributed by atoms with van der Waals surface area (Å²) in [5, 5.41) is 10.5. The molecule has 0 aliphatic rings. The van der Waals surface area contributed by atoms with Crippen molar-refractivity contribution in [2.24, 2.45) is 5.92 Å². The number of hydrogen-bond acceptors (Lipinski definition) is 3. The minimum absolute atomic E-state index is 0.472. The number of aliphatic hydroxyl groups excluding tert-OH is 1. The van der Waals surface area contributed by atoms with Crippen molar-refractivity contribution in [3.63, 3.8) is 0 Å². The zero-order chi connectivity index (χ0) is 16.7. The Morgan fingerprint density at radius 3 is 2.39 bits per heavy atom. The van der Waals surface area contributed by atoms with E-state index in [2.05, 4.69) is 30.9 Å². The summed E-state index contributed by atoms with van der Waals surface area (Å²) in [4.78, 5) is 2.30. The van der Waals surface area contributed by atoms with E-state index in [1.165, 1.54) is 5.56 Å². The van der Waals surface area contributed by atoms with Crippen LogP contribution in [0.5, 0.6) is 5.75 Å². The molecule has 0 saturated heterocycles. The Balaban J connectivity index is 2.07. The quantitative estimate of drug-likeness (QED) is 0.802. The minimum atomic E-state index is -0.472. The summed E-state index contributed by atoms with van der Waals surface area (Å²) in [7, 11) is 1.68. The summed E-state index contributed by atoms with van der Waals surface area (Å²) < 4.78 is 5.30. The molecule has 23 heavy (non-hydrogen) atoms. The molecule has 0 saturated carbocycles. The summed E-state index contributed by atoms with van der Waals surface area (Å²) >= 11 is 0. The van der Waals surface area contributed by atoms with E-state index < -0.39 is 6.10 Å². The summed E-state index contributed by atoms with van der Waals surface area (Å²) in [6.07, 6.45) is -0.472. The predicted octanol–water partition coefficient (Wildman–Crippen LogP) is 3.89. The van der Waals surface area contributed by atoms with Crippen LogP contribution in [0.1, 0.15) is 31.1 Å². The standard InChI is InChI=1S/C20H27NO2/c1-16(2)13-21(14-17-8-7-11-19(12-17)23-3)15-20(22)18-9-5-4-6-10-18/h4-12,16,20,22H,13-15H2,1-3H3. The molecule has 124 valence electrons. The first-order valence-electron chi connectivity index (χ1n) is 8.16. The number of methoxy groups -OCH3 is 1. The third kappa shape index (κ3) is 5.70. The second kappa shape index (κ2) is 8.70. The summed E-state index contributed by atoms with van der Waals surface area (Å²) in [5.74, 6) is 1.42. The number of aliphatic hydroxyl groups is 1. The molecule has 0 bridgehead atoms. The Bertz CT molecular complexity index is 583. The molecule has 0 aliphatic heterocycles. The summed E-state index contributed by atoms with van der Waals surface area (Å²) in [6, 6.07) is 18.0. The summed E-state index contributed by atoms with van der Waals surface area (Å²) in [5.41, 5.74) is 2.16. The molecule has 1 N–H and O–H groups in total. The van der Waals surface area contributed by atoms with E-state index in [0.29, 0.717) is 12.5 Å². The van der Waals surface area contributed by atoms with Crippen LogP contribution in [0.3, 0.4) is 0 Å². The molecule has 0 amide bonds. The van der Waals surface area contributed by atoms with Crippen molar-refractivity contribution in [3.05, 3.63) is 65.7 Å². The smallest absolute Gasteiger partial charge is 0.119 e. The molecule has 3 heteroatoms. The van der Waals surface area contributed by atoms with Gasteiger partial charge < -0.3 is 9.84 Å². The van der Waals surface area contributed by atoms with Crippen LogP contribution < -0.4 is 4.74 Å². The third-order valence-corrected chi connectivity index (χ3v) is 3.78. The molecule has 3 nitrogen and oxygen atoms in total. The van der Waals surface area contributed by atoms with Gasteiger partial charge in [-0.2, -0.15) is 0 Å². The molecule has 2 aromatic carbocycles. The molecular formula is C20H27NO2. The highest BCUT2D eigenvalue weighted by Crippen LogP contribution is 2.19. The molecule has 1 unspecified atom stereocenters. The fourth-order valence-electron chi connectivity index (χ4n) is 2.77. The Morgan fingerprint density at radius 1 is 1.00 bits per heavy atom. The van der Waals surface area contributed by atoms with Gasteiger partial charge >= 0.3 is 0 Å². The predicted molar refractivity (Wildman–Crippen MR) is 94.5 cm³/mol. The molecule has 0 spiro atoms. The van der Waals surface area contributed by atoms with E-state index in [1.54, 1.807) is 7.11 Å². The maximum atomic E-state index is 10.5. The Kier molecular flexibility index (Phi) is 6.63. The van der Waals surface area contributed by atoms with Crippen molar-refractivity contribution in [2.75, 3.05) is 20.2 Å². The van der Waals surface area contributed by atoms with Gasteiger partial charge in [0.05, 0.1) is 13.2 Å². The van der Waals surface area contributed by atoms with Crippen molar-refractivity contribution >= 4 is 0 Å². The lowest BCUT2D eigenvalue weighted by molar-refractivity contribution is 0.102. The van der Waals surface area contributed by atoms with Gasteiger partial charge in [0, 0.05) is 19.6 Å². The fraction of sp³-hybridized carbons (Fsp3) is 0.400. The highest BCUT2D eigenvalue weighted by molar-refractivity contribution is 5.28. The highest BCUT2D eigenvalue weighted by atomic mass is 16.5. The van der Waals surface area contributed by atoms with Gasteiger partial charge in [-0.3, -0.25) is 4.90 Å². The fourth-order valence-corrected chi connectivity index (χ4v) is 2.77. The van der Waals surface area contributed by atoms with E-state index >= 15 is 0 Å². The topological polar surface area (TPSA) is 32.7 Å². The van der Waals surface area contributed by atoms with Crippen LogP contribution in [0.15, 0.2) is 54.6 Å². The molecule has 0 aromatic heterocycles. The second-order valence-corrected chi connectivity index (χ2v) is 6.37. The number of benzene rings is 2. The van der Waals surface area contributed by atoms with Gasteiger partial charge in [0.1, 0.15) is 5.75 Å². The zero-order valence-corrected chi connectivity index (χ0v) is 14.3. The first kappa shape index (κ1) is 17.5. The largest absolute Gasteiger partial charge is 0.497 e. The second-order valence-electron chi connectivity index (χ2n) is 6.37. The van der Waals surface area contributed by atoms with Crippen molar-refractivity contribution in [2.45, 2.75) is 26.5 Å². The van der Waals surface area contributed by atoms with Gasteiger partial charge in [-0.05, 0) is 29.2 Å². The van der Waals surface area contributed by atoms with E-state index in [9.17, 15) is 5.11 Å². The molecule has 1 atom stereocenters. The normalized spacial score (nSPS) is 12.6. The lowest BCUT2D eigenvalue weighted by Gasteiger charge is -2.27. The van der Waals surface area contributed by atoms with Crippen LogP contribution in [0.2, 0.25) is 0 Å². The van der Waals surface area contributed by atoms with Gasteiger partial charge in [0.2, 0.25) is 0 Å². The van der Waals surface area contributed by atoms with Crippen molar-refractivity contribution < 1.29 is 9.84 Å². The third-order valence-electron chi connectivity index (χ3n) is 3.78. The zero-order valence-electron chi connectivity index (χ0n) is 14.3. The molecule has 0 heterocycles. The lowest BCUT2D eigenvalue weighted by atomic mass is 10.1. The Labute approximate surface area is 139 Å².